The molecule has 8 heteroatoms. The molecule has 0 radical (unpaired) electrons. The molecule has 0 aliphatic heterocycles. The Bertz CT molecular complexity index is 1490. The minimum atomic E-state index is -0.804. The van der Waals surface area contributed by atoms with E-state index in [0.29, 0.717) is 33.2 Å². The maximum absolute atomic E-state index is 13.4. The molecule has 0 bridgehead atoms. The van der Waals surface area contributed by atoms with Gasteiger partial charge in [-0.2, -0.15) is 0 Å². The number of aryl methyl sites for hydroxylation is 1. The van der Waals surface area contributed by atoms with Crippen LogP contribution < -0.4 is 5.56 Å². The number of benzene rings is 3. The van der Waals surface area contributed by atoms with Gasteiger partial charge in [0.25, 0.3) is 5.56 Å². The molecule has 5 rings (SSSR count). The predicted molar refractivity (Wildman–Crippen MR) is 123 cm³/mol. The molecule has 5 aromatic rings. The van der Waals surface area contributed by atoms with Gasteiger partial charge in [0.15, 0.2) is 5.16 Å². The Balaban J connectivity index is 1.63. The first-order valence-corrected chi connectivity index (χ1v) is 11.0. The van der Waals surface area contributed by atoms with Gasteiger partial charge in [0.1, 0.15) is 5.82 Å². The van der Waals surface area contributed by atoms with E-state index in [1.807, 2.05) is 53.8 Å². The molecule has 2 heterocycles. The summed E-state index contributed by atoms with van der Waals surface area (Å²) in [6.07, 6.45) is -0.804. The largest absolute Gasteiger partial charge is 0.388 e. The molecule has 0 aliphatic rings. The second-order valence-corrected chi connectivity index (χ2v) is 8.43. The molecule has 0 unspecified atom stereocenters. The van der Waals surface area contributed by atoms with Crippen molar-refractivity contribution in [1.29, 1.82) is 0 Å². The summed E-state index contributed by atoms with van der Waals surface area (Å²) in [6.45, 7) is 1.94. The first kappa shape index (κ1) is 20.4. The van der Waals surface area contributed by atoms with Gasteiger partial charge in [-0.05, 0) is 48.4 Å². The fourth-order valence-electron chi connectivity index (χ4n) is 3.74. The highest BCUT2D eigenvalue weighted by molar-refractivity contribution is 7.99. The van der Waals surface area contributed by atoms with Crippen LogP contribution in [0.1, 0.15) is 17.2 Å². The molecule has 0 amide bonds. The zero-order valence-corrected chi connectivity index (χ0v) is 18.0. The number of para-hydroxylation sites is 2. The van der Waals surface area contributed by atoms with Crippen LogP contribution in [0.5, 0.6) is 0 Å². The first-order valence-electron chi connectivity index (χ1n) is 10.1. The van der Waals surface area contributed by atoms with E-state index < -0.39 is 6.10 Å². The molecule has 6 nitrogen and oxygen atoms in total. The Kier molecular flexibility index (Phi) is 5.24. The molecule has 0 saturated heterocycles. The Hall–Kier alpha value is -3.49. The van der Waals surface area contributed by atoms with Crippen LogP contribution in [0, 0.1) is 12.7 Å². The summed E-state index contributed by atoms with van der Waals surface area (Å²) >= 11 is 1.32. The van der Waals surface area contributed by atoms with E-state index >= 15 is 0 Å². The number of thioether (sulfide) groups is 1. The van der Waals surface area contributed by atoms with Crippen molar-refractivity contribution in [2.24, 2.45) is 0 Å². The maximum atomic E-state index is 13.4. The number of hydrogen-bond acceptors (Lipinski definition) is 5. The molecular weight excluding hydrogens is 427 g/mol. The van der Waals surface area contributed by atoms with Crippen LogP contribution in [0.4, 0.5) is 4.39 Å². The van der Waals surface area contributed by atoms with E-state index in [9.17, 15) is 14.3 Å². The normalized spacial score (nSPS) is 12.5. The lowest BCUT2D eigenvalue weighted by molar-refractivity contribution is 0.204. The molecule has 32 heavy (non-hydrogen) atoms. The molecule has 0 aliphatic carbocycles. The lowest BCUT2D eigenvalue weighted by Crippen LogP contribution is -2.22. The van der Waals surface area contributed by atoms with Gasteiger partial charge < -0.3 is 5.11 Å². The van der Waals surface area contributed by atoms with Crippen LogP contribution in [-0.4, -0.2) is 30.0 Å². The van der Waals surface area contributed by atoms with Crippen molar-refractivity contribution in [2.75, 3.05) is 5.75 Å². The SMILES string of the molecule is Cc1ccccc1-n1c(=O)c2ccccc2n2c(SC[C@H](O)c3ccc(F)cc3)nnc12. The van der Waals surface area contributed by atoms with Gasteiger partial charge in [-0.15, -0.1) is 10.2 Å². The van der Waals surface area contributed by atoms with E-state index in [2.05, 4.69) is 10.2 Å². The van der Waals surface area contributed by atoms with E-state index in [4.69, 9.17) is 0 Å². The van der Waals surface area contributed by atoms with Crippen LogP contribution in [0.25, 0.3) is 22.4 Å². The van der Waals surface area contributed by atoms with Crippen LogP contribution in [0.2, 0.25) is 0 Å². The van der Waals surface area contributed by atoms with E-state index in [0.717, 1.165) is 11.3 Å². The second kappa shape index (κ2) is 8.22. The topological polar surface area (TPSA) is 72.4 Å². The summed E-state index contributed by atoms with van der Waals surface area (Å²) in [6, 6.07) is 20.7. The highest BCUT2D eigenvalue weighted by Gasteiger charge is 2.19. The van der Waals surface area contributed by atoms with Gasteiger partial charge >= 0.3 is 0 Å². The van der Waals surface area contributed by atoms with Crippen molar-refractivity contribution in [3.05, 3.63) is 100 Å². The minimum Gasteiger partial charge on any atom is -0.388 e. The molecule has 0 saturated carbocycles. The summed E-state index contributed by atoms with van der Waals surface area (Å²) in [5.41, 5.74) is 2.83. The van der Waals surface area contributed by atoms with E-state index in [1.54, 1.807) is 22.8 Å². The molecular formula is C24H19FN4O2S. The number of aliphatic hydroxyl groups is 1. The second-order valence-electron chi connectivity index (χ2n) is 7.44. The van der Waals surface area contributed by atoms with Gasteiger partial charge in [-0.3, -0.25) is 9.20 Å². The summed E-state index contributed by atoms with van der Waals surface area (Å²) < 4.78 is 16.6. The molecule has 0 fully saturated rings. The first-order chi connectivity index (χ1) is 15.5. The molecule has 1 atom stereocenters. The Morgan fingerprint density at radius 2 is 1.72 bits per heavy atom. The maximum Gasteiger partial charge on any atom is 0.267 e. The van der Waals surface area contributed by atoms with Gasteiger partial charge in [0, 0.05) is 5.75 Å². The lowest BCUT2D eigenvalue weighted by Gasteiger charge is -2.13. The van der Waals surface area contributed by atoms with Crippen molar-refractivity contribution >= 4 is 28.4 Å². The summed E-state index contributed by atoms with van der Waals surface area (Å²) in [7, 11) is 0. The number of aliphatic hydroxyl groups excluding tert-OH is 1. The zero-order chi connectivity index (χ0) is 22.2. The zero-order valence-electron chi connectivity index (χ0n) is 17.1. The summed E-state index contributed by atoms with van der Waals surface area (Å²) in [5.74, 6) is 0.351. The highest BCUT2D eigenvalue weighted by atomic mass is 32.2. The number of aromatic nitrogens is 4. The molecule has 3 aromatic carbocycles. The number of fused-ring (bicyclic) bond motifs is 3. The Morgan fingerprint density at radius 3 is 2.50 bits per heavy atom. The summed E-state index contributed by atoms with van der Waals surface area (Å²) in [4.78, 5) is 13.4. The number of hydrogen-bond donors (Lipinski definition) is 1. The van der Waals surface area contributed by atoms with Gasteiger partial charge in [-0.25, -0.2) is 8.96 Å². The fourth-order valence-corrected chi connectivity index (χ4v) is 4.65. The number of halogens is 1. The average Bonchev–Trinajstić information content (AvgIpc) is 3.23. The minimum absolute atomic E-state index is 0.169. The van der Waals surface area contributed by atoms with E-state index in [-0.39, 0.29) is 11.4 Å². The average molecular weight is 447 g/mol. The summed E-state index contributed by atoms with van der Waals surface area (Å²) in [5, 5.41) is 20.3. The molecule has 2 aromatic heterocycles. The monoisotopic (exact) mass is 446 g/mol. The highest BCUT2D eigenvalue weighted by Crippen LogP contribution is 2.27. The van der Waals surface area contributed by atoms with Crippen LogP contribution in [0.15, 0.2) is 82.7 Å². The van der Waals surface area contributed by atoms with Gasteiger partial charge in [0.05, 0.1) is 22.7 Å². The van der Waals surface area contributed by atoms with Crippen molar-refractivity contribution in [2.45, 2.75) is 18.2 Å². The van der Waals surface area contributed by atoms with Gasteiger partial charge in [0.2, 0.25) is 5.78 Å². The van der Waals surface area contributed by atoms with Gasteiger partial charge in [-0.1, -0.05) is 54.2 Å². The lowest BCUT2D eigenvalue weighted by atomic mass is 10.1. The standard InChI is InChI=1S/C24H19FN4O2S/c1-15-6-2-4-8-19(15)28-22(31)18-7-3-5-9-20(18)29-23(28)26-27-24(29)32-14-21(30)16-10-12-17(25)13-11-16/h2-13,21,30H,14H2,1H3/t21-/m0/s1. The fraction of sp³-hybridized carbons (Fsp3) is 0.125. The van der Waals surface area contributed by atoms with Crippen molar-refractivity contribution in [3.63, 3.8) is 0 Å². The quantitative estimate of drug-likeness (QED) is 0.408. The Morgan fingerprint density at radius 1 is 1.00 bits per heavy atom. The van der Waals surface area contributed by atoms with Crippen molar-refractivity contribution in [1.82, 2.24) is 19.2 Å². The van der Waals surface area contributed by atoms with Crippen LogP contribution in [-0.2, 0) is 0 Å². The van der Waals surface area contributed by atoms with Crippen molar-refractivity contribution in [3.8, 4) is 5.69 Å². The third-order valence-electron chi connectivity index (χ3n) is 5.38. The van der Waals surface area contributed by atoms with Crippen LogP contribution in [0.3, 0.4) is 0 Å². The third-order valence-corrected chi connectivity index (χ3v) is 6.38. The smallest absolute Gasteiger partial charge is 0.267 e. The number of rotatable bonds is 5. The number of nitrogens with zero attached hydrogens (tertiary/aromatic N) is 4. The molecule has 160 valence electrons. The molecule has 1 N–H and O–H groups in total. The molecule has 0 spiro atoms. The predicted octanol–water partition coefficient (Wildman–Crippen LogP) is 4.31. The van der Waals surface area contributed by atoms with E-state index in [1.165, 1.54) is 23.9 Å². The van der Waals surface area contributed by atoms with Crippen LogP contribution >= 0.6 is 11.8 Å². The Labute approximate surface area is 187 Å². The third kappa shape index (κ3) is 3.47. The van der Waals surface area contributed by atoms with Crippen molar-refractivity contribution < 1.29 is 9.50 Å².